The van der Waals surface area contributed by atoms with Crippen molar-refractivity contribution in [2.45, 2.75) is 6.92 Å². The minimum atomic E-state index is 0.339. The first kappa shape index (κ1) is 13.5. The number of para-hydroxylation sites is 1. The van der Waals surface area contributed by atoms with E-state index in [1.807, 2.05) is 25.1 Å². The van der Waals surface area contributed by atoms with Gasteiger partial charge in [0, 0.05) is 12.3 Å². The number of pyridine rings is 1. The Morgan fingerprint density at radius 2 is 2.00 bits per heavy atom. The summed E-state index contributed by atoms with van der Waals surface area (Å²) >= 11 is 6.22. The third-order valence-corrected chi connectivity index (χ3v) is 3.20. The van der Waals surface area contributed by atoms with Crippen LogP contribution in [0.5, 0.6) is 11.8 Å². The first-order chi connectivity index (χ1) is 10.1. The maximum absolute atomic E-state index is 6.22. The van der Waals surface area contributed by atoms with Crippen molar-refractivity contribution in [2.75, 3.05) is 5.73 Å². The average molecular weight is 301 g/mol. The number of nitrogens with two attached hydrogens (primary N) is 1. The van der Waals surface area contributed by atoms with Crippen LogP contribution in [0.15, 0.2) is 48.7 Å². The van der Waals surface area contributed by atoms with Gasteiger partial charge >= 0.3 is 0 Å². The first-order valence-electron chi connectivity index (χ1n) is 6.35. The molecular formula is C15H13ClN4O. The maximum Gasteiger partial charge on any atom is 0.244 e. The molecule has 0 spiro atoms. The predicted molar refractivity (Wildman–Crippen MR) is 82.0 cm³/mol. The number of benzene rings is 1. The molecule has 5 nitrogen and oxygen atoms in total. The van der Waals surface area contributed by atoms with E-state index in [0.29, 0.717) is 22.5 Å². The molecule has 106 valence electrons. The maximum atomic E-state index is 6.22. The number of aromatic nitrogens is 3. The molecule has 3 rings (SSSR count). The molecule has 2 N–H and O–H groups in total. The Bertz CT molecular complexity index is 785. The van der Waals surface area contributed by atoms with Crippen molar-refractivity contribution in [3.63, 3.8) is 0 Å². The van der Waals surface area contributed by atoms with Gasteiger partial charge in [0.05, 0.1) is 22.1 Å². The third kappa shape index (κ3) is 2.68. The van der Waals surface area contributed by atoms with E-state index in [1.165, 1.54) is 0 Å². The summed E-state index contributed by atoms with van der Waals surface area (Å²) in [5, 5.41) is 4.99. The van der Waals surface area contributed by atoms with Gasteiger partial charge in [-0.3, -0.25) is 0 Å². The van der Waals surface area contributed by atoms with Gasteiger partial charge in [-0.25, -0.2) is 4.98 Å². The summed E-state index contributed by atoms with van der Waals surface area (Å²) < 4.78 is 7.41. The molecule has 0 atom stereocenters. The molecule has 0 bridgehead atoms. The zero-order valence-corrected chi connectivity index (χ0v) is 12.1. The van der Waals surface area contributed by atoms with Crippen molar-refractivity contribution in [1.82, 2.24) is 14.8 Å². The van der Waals surface area contributed by atoms with Crippen LogP contribution in [0.2, 0.25) is 5.02 Å². The lowest BCUT2D eigenvalue weighted by molar-refractivity contribution is 0.430. The Morgan fingerprint density at radius 3 is 2.76 bits per heavy atom. The van der Waals surface area contributed by atoms with Crippen molar-refractivity contribution in [3.8, 4) is 17.4 Å². The fraction of sp³-hybridized carbons (Fsp3) is 0.0667. The van der Waals surface area contributed by atoms with E-state index in [1.54, 1.807) is 35.1 Å². The van der Waals surface area contributed by atoms with E-state index in [9.17, 15) is 0 Å². The van der Waals surface area contributed by atoms with Crippen LogP contribution in [0.1, 0.15) is 5.69 Å². The van der Waals surface area contributed by atoms with Crippen molar-refractivity contribution >= 4 is 17.3 Å². The van der Waals surface area contributed by atoms with Gasteiger partial charge < -0.3 is 10.5 Å². The van der Waals surface area contributed by atoms with E-state index in [2.05, 4.69) is 10.1 Å². The minimum absolute atomic E-state index is 0.339. The van der Waals surface area contributed by atoms with Crippen LogP contribution in [0.4, 0.5) is 5.69 Å². The largest absolute Gasteiger partial charge is 0.418 e. The fourth-order valence-corrected chi connectivity index (χ4v) is 2.15. The highest BCUT2D eigenvalue weighted by Gasteiger charge is 2.13. The Labute approximate surface area is 126 Å². The zero-order valence-electron chi connectivity index (χ0n) is 11.3. The number of hydrogen-bond acceptors (Lipinski definition) is 4. The molecule has 0 aliphatic carbocycles. The molecule has 0 radical (unpaired) electrons. The second kappa shape index (κ2) is 5.46. The molecule has 2 heterocycles. The fourth-order valence-electron chi connectivity index (χ4n) is 1.93. The summed E-state index contributed by atoms with van der Waals surface area (Å²) in [5.74, 6) is 0.844. The molecule has 0 saturated carbocycles. The van der Waals surface area contributed by atoms with Gasteiger partial charge in [0.25, 0.3) is 0 Å². The topological polar surface area (TPSA) is 66.0 Å². The molecule has 3 aromatic rings. The van der Waals surface area contributed by atoms with Crippen molar-refractivity contribution in [2.24, 2.45) is 0 Å². The van der Waals surface area contributed by atoms with Crippen LogP contribution < -0.4 is 10.5 Å². The summed E-state index contributed by atoms with van der Waals surface area (Å²) in [6.45, 7) is 1.88. The molecule has 0 saturated heterocycles. The summed E-state index contributed by atoms with van der Waals surface area (Å²) in [5.41, 5.74) is 7.85. The van der Waals surface area contributed by atoms with Crippen molar-refractivity contribution < 1.29 is 4.74 Å². The number of rotatable bonds is 3. The molecule has 2 aromatic heterocycles. The highest BCUT2D eigenvalue weighted by Crippen LogP contribution is 2.29. The molecule has 0 aliphatic rings. The van der Waals surface area contributed by atoms with E-state index in [4.69, 9.17) is 22.1 Å². The van der Waals surface area contributed by atoms with Gasteiger partial charge in [0.2, 0.25) is 11.8 Å². The summed E-state index contributed by atoms with van der Waals surface area (Å²) in [6.07, 6.45) is 1.62. The van der Waals surface area contributed by atoms with Gasteiger partial charge in [-0.1, -0.05) is 23.7 Å². The molecular weight excluding hydrogens is 288 g/mol. The molecule has 0 fully saturated rings. The van der Waals surface area contributed by atoms with Crippen LogP contribution in [0.25, 0.3) is 5.69 Å². The second-order valence-corrected chi connectivity index (χ2v) is 4.89. The number of nitrogens with zero attached hydrogens (tertiary/aromatic N) is 3. The van der Waals surface area contributed by atoms with Gasteiger partial charge in [0.1, 0.15) is 0 Å². The molecule has 1 aromatic carbocycles. The Kier molecular flexibility index (Phi) is 3.50. The Morgan fingerprint density at radius 1 is 1.19 bits per heavy atom. The first-order valence-corrected chi connectivity index (χ1v) is 6.73. The van der Waals surface area contributed by atoms with Crippen LogP contribution in [0.3, 0.4) is 0 Å². The summed E-state index contributed by atoms with van der Waals surface area (Å²) in [7, 11) is 0. The predicted octanol–water partition coefficient (Wildman–Crippen LogP) is 3.60. The lowest BCUT2D eigenvalue weighted by atomic mass is 10.3. The van der Waals surface area contributed by atoms with E-state index in [0.717, 1.165) is 11.4 Å². The normalized spacial score (nSPS) is 10.6. The van der Waals surface area contributed by atoms with E-state index >= 15 is 0 Å². The zero-order chi connectivity index (χ0) is 14.8. The Hall–Kier alpha value is -2.53. The van der Waals surface area contributed by atoms with Crippen LogP contribution >= 0.6 is 11.6 Å². The van der Waals surface area contributed by atoms with E-state index < -0.39 is 0 Å². The monoisotopic (exact) mass is 300 g/mol. The number of ether oxygens (including phenoxy) is 1. The highest BCUT2D eigenvalue weighted by atomic mass is 35.5. The number of aryl methyl sites for hydroxylation is 1. The standard InChI is InChI=1S/C15H13ClN4O/c1-10-9-14(21-15-12(17)6-4-8-18-15)20(19-10)13-7-3-2-5-11(13)16/h2-9H,17H2,1H3. The van der Waals surface area contributed by atoms with E-state index in [-0.39, 0.29) is 0 Å². The average Bonchev–Trinajstić information content (AvgIpc) is 2.82. The van der Waals surface area contributed by atoms with Gasteiger partial charge in [-0.05, 0) is 31.2 Å². The molecule has 0 aliphatic heterocycles. The molecule has 6 heteroatoms. The quantitative estimate of drug-likeness (QED) is 0.802. The van der Waals surface area contributed by atoms with Crippen molar-refractivity contribution in [3.05, 3.63) is 59.4 Å². The Balaban J connectivity index is 2.05. The van der Waals surface area contributed by atoms with Crippen molar-refractivity contribution in [1.29, 1.82) is 0 Å². The molecule has 0 amide bonds. The number of hydrogen-bond donors (Lipinski definition) is 1. The lowest BCUT2D eigenvalue weighted by Crippen LogP contribution is -2.02. The third-order valence-electron chi connectivity index (χ3n) is 2.88. The molecule has 21 heavy (non-hydrogen) atoms. The van der Waals surface area contributed by atoms with Gasteiger partial charge in [-0.2, -0.15) is 9.78 Å². The highest BCUT2D eigenvalue weighted by molar-refractivity contribution is 6.32. The summed E-state index contributed by atoms with van der Waals surface area (Å²) in [4.78, 5) is 4.12. The number of halogens is 1. The number of anilines is 1. The second-order valence-electron chi connectivity index (χ2n) is 4.49. The lowest BCUT2D eigenvalue weighted by Gasteiger charge is -2.10. The van der Waals surface area contributed by atoms with Gasteiger partial charge in [0.15, 0.2) is 0 Å². The molecule has 0 unspecified atom stereocenters. The SMILES string of the molecule is Cc1cc(Oc2ncccc2N)n(-c2ccccc2Cl)n1. The smallest absolute Gasteiger partial charge is 0.244 e. The number of nitrogen functional groups attached to an aromatic ring is 1. The minimum Gasteiger partial charge on any atom is -0.418 e. The van der Waals surface area contributed by atoms with Gasteiger partial charge in [-0.15, -0.1) is 0 Å². The summed E-state index contributed by atoms with van der Waals surface area (Å²) in [6, 6.07) is 12.7. The van der Waals surface area contributed by atoms with Crippen LogP contribution in [-0.4, -0.2) is 14.8 Å². The van der Waals surface area contributed by atoms with Crippen LogP contribution in [-0.2, 0) is 0 Å². The van der Waals surface area contributed by atoms with Crippen LogP contribution in [0, 0.1) is 6.92 Å².